The number of nitrogens with one attached hydrogen (secondary N) is 2. The summed E-state index contributed by atoms with van der Waals surface area (Å²) in [7, 11) is 0. The van der Waals surface area contributed by atoms with Gasteiger partial charge in [-0.2, -0.15) is 0 Å². The first-order valence-corrected chi connectivity index (χ1v) is 7.85. The Morgan fingerprint density at radius 2 is 2.13 bits per heavy atom. The molecule has 0 aliphatic carbocycles. The fourth-order valence-electron chi connectivity index (χ4n) is 2.32. The molecule has 6 nitrogen and oxygen atoms in total. The van der Waals surface area contributed by atoms with Gasteiger partial charge < -0.3 is 21.1 Å². The van der Waals surface area contributed by atoms with Crippen LogP contribution < -0.4 is 11.1 Å². The molecule has 2 aromatic heterocycles. The molecule has 0 spiro atoms. The monoisotopic (exact) mass is 329 g/mol. The minimum Gasteiger partial charge on any atom is -0.387 e. The van der Waals surface area contributed by atoms with Crippen molar-refractivity contribution >= 4 is 33.2 Å². The number of aromatic nitrogens is 1. The molecule has 3 rings (SSSR count). The van der Waals surface area contributed by atoms with Gasteiger partial charge in [0.15, 0.2) is 0 Å². The third-order valence-electron chi connectivity index (χ3n) is 3.54. The highest BCUT2D eigenvalue weighted by atomic mass is 32.1. The van der Waals surface area contributed by atoms with Gasteiger partial charge in [-0.1, -0.05) is 18.2 Å². The van der Waals surface area contributed by atoms with Gasteiger partial charge in [-0.05, 0) is 22.9 Å². The van der Waals surface area contributed by atoms with Crippen LogP contribution in [0.3, 0.4) is 0 Å². The molecule has 23 heavy (non-hydrogen) atoms. The lowest BCUT2D eigenvalue weighted by molar-refractivity contribution is 0.0912. The Labute approximate surface area is 135 Å². The zero-order valence-corrected chi connectivity index (χ0v) is 12.9. The maximum Gasteiger partial charge on any atom is 0.267 e. The predicted molar refractivity (Wildman–Crippen MR) is 88.4 cm³/mol. The quantitative estimate of drug-likeness (QED) is 0.573. The number of fused-ring (bicyclic) bond motifs is 1. The largest absolute Gasteiger partial charge is 0.387 e. The van der Waals surface area contributed by atoms with Crippen molar-refractivity contribution in [3.05, 3.63) is 58.7 Å². The Morgan fingerprint density at radius 3 is 2.87 bits per heavy atom. The molecule has 0 bridgehead atoms. The van der Waals surface area contributed by atoms with Crippen LogP contribution in [-0.2, 0) is 0 Å². The normalized spacial score (nSPS) is 12.2. The lowest BCUT2D eigenvalue weighted by Gasteiger charge is -2.11. The molecular weight excluding hydrogens is 314 g/mol. The van der Waals surface area contributed by atoms with E-state index in [1.54, 1.807) is 11.3 Å². The number of aromatic amines is 1. The van der Waals surface area contributed by atoms with Crippen LogP contribution in [0.2, 0.25) is 0 Å². The number of carbonyl (C=O) groups excluding carboxylic acids is 2. The molecule has 3 aromatic rings. The predicted octanol–water partition coefficient (Wildman–Crippen LogP) is 1.79. The van der Waals surface area contributed by atoms with Crippen molar-refractivity contribution in [2.75, 3.05) is 6.54 Å². The molecule has 7 heteroatoms. The number of aliphatic hydroxyl groups is 1. The van der Waals surface area contributed by atoms with Crippen molar-refractivity contribution in [2.45, 2.75) is 6.10 Å². The Bertz CT molecular complexity index is 868. The van der Waals surface area contributed by atoms with Crippen LogP contribution in [0.1, 0.15) is 32.5 Å². The number of hydrogen-bond acceptors (Lipinski definition) is 4. The zero-order chi connectivity index (χ0) is 16.4. The third-order valence-corrected chi connectivity index (χ3v) is 4.52. The van der Waals surface area contributed by atoms with Gasteiger partial charge in [0.1, 0.15) is 5.69 Å². The highest BCUT2D eigenvalue weighted by Gasteiger charge is 2.16. The summed E-state index contributed by atoms with van der Waals surface area (Å²) in [5.41, 5.74) is 6.38. The SMILES string of the molecule is NC(=O)c1c[nH]c(C(=O)NCC(O)c2csc3ccccc23)c1. The van der Waals surface area contributed by atoms with Crippen molar-refractivity contribution in [1.82, 2.24) is 10.3 Å². The van der Waals surface area contributed by atoms with Crippen molar-refractivity contribution < 1.29 is 14.7 Å². The number of aliphatic hydroxyl groups excluding tert-OH is 1. The average molecular weight is 329 g/mol. The second kappa shape index (κ2) is 6.23. The Hall–Kier alpha value is -2.64. The van der Waals surface area contributed by atoms with Crippen LogP contribution in [0.5, 0.6) is 0 Å². The maximum atomic E-state index is 12.0. The van der Waals surface area contributed by atoms with Crippen LogP contribution in [-0.4, -0.2) is 28.4 Å². The first kappa shape index (κ1) is 15.3. The summed E-state index contributed by atoms with van der Waals surface area (Å²) in [6.45, 7) is 0.0739. The van der Waals surface area contributed by atoms with E-state index in [9.17, 15) is 14.7 Å². The van der Waals surface area contributed by atoms with Gasteiger partial charge in [0.2, 0.25) is 5.91 Å². The van der Waals surface area contributed by atoms with E-state index in [2.05, 4.69) is 10.3 Å². The summed E-state index contributed by atoms with van der Waals surface area (Å²) in [5, 5.41) is 15.8. The van der Waals surface area contributed by atoms with Crippen molar-refractivity contribution in [2.24, 2.45) is 5.73 Å². The maximum absolute atomic E-state index is 12.0. The van der Waals surface area contributed by atoms with E-state index in [0.29, 0.717) is 0 Å². The molecule has 2 amide bonds. The van der Waals surface area contributed by atoms with E-state index < -0.39 is 17.9 Å². The number of primary amides is 1. The zero-order valence-electron chi connectivity index (χ0n) is 12.1. The standard InChI is InChI=1S/C16H15N3O3S/c17-15(21)9-5-12(18-6-9)16(22)19-7-13(20)11-8-23-14-4-2-1-3-10(11)14/h1-6,8,13,18,20H,7H2,(H2,17,21)(H,19,22). The fourth-order valence-corrected chi connectivity index (χ4v) is 3.33. The third kappa shape index (κ3) is 3.10. The number of hydrogen-bond donors (Lipinski definition) is 4. The van der Waals surface area contributed by atoms with E-state index in [1.807, 2.05) is 29.6 Å². The van der Waals surface area contributed by atoms with E-state index in [1.165, 1.54) is 12.3 Å². The van der Waals surface area contributed by atoms with Crippen LogP contribution >= 0.6 is 11.3 Å². The van der Waals surface area contributed by atoms with E-state index in [-0.39, 0.29) is 17.8 Å². The van der Waals surface area contributed by atoms with Crippen LogP contribution in [0, 0.1) is 0 Å². The number of carbonyl (C=O) groups is 2. The number of amides is 2. The van der Waals surface area contributed by atoms with Crippen molar-refractivity contribution in [3.8, 4) is 0 Å². The Kier molecular flexibility index (Phi) is 4.14. The van der Waals surface area contributed by atoms with Gasteiger partial charge in [-0.25, -0.2) is 0 Å². The van der Waals surface area contributed by atoms with E-state index in [0.717, 1.165) is 15.6 Å². The molecule has 5 N–H and O–H groups in total. The highest BCUT2D eigenvalue weighted by molar-refractivity contribution is 7.17. The van der Waals surface area contributed by atoms with Crippen molar-refractivity contribution in [1.29, 1.82) is 0 Å². The number of benzene rings is 1. The molecule has 0 saturated heterocycles. The average Bonchev–Trinajstić information content (AvgIpc) is 3.19. The molecule has 1 atom stereocenters. The van der Waals surface area contributed by atoms with Gasteiger partial charge in [0.25, 0.3) is 5.91 Å². The summed E-state index contributed by atoms with van der Waals surface area (Å²) in [6.07, 6.45) is 0.570. The minimum absolute atomic E-state index is 0.0739. The number of H-pyrrole nitrogens is 1. The molecule has 0 radical (unpaired) electrons. The molecule has 0 aliphatic rings. The molecule has 0 aliphatic heterocycles. The lowest BCUT2D eigenvalue weighted by Crippen LogP contribution is -2.28. The van der Waals surface area contributed by atoms with Gasteiger partial charge >= 0.3 is 0 Å². The summed E-state index contributed by atoms with van der Waals surface area (Å²) in [5.74, 6) is -1.01. The number of nitrogens with two attached hydrogens (primary N) is 1. The molecule has 1 unspecified atom stereocenters. The second-order valence-electron chi connectivity index (χ2n) is 5.08. The molecule has 118 valence electrons. The molecule has 2 heterocycles. The van der Waals surface area contributed by atoms with Gasteiger partial charge in [-0.15, -0.1) is 11.3 Å². The Morgan fingerprint density at radius 1 is 1.35 bits per heavy atom. The van der Waals surface area contributed by atoms with Crippen molar-refractivity contribution in [3.63, 3.8) is 0 Å². The number of rotatable bonds is 5. The lowest BCUT2D eigenvalue weighted by atomic mass is 10.1. The molecule has 0 fully saturated rings. The van der Waals surface area contributed by atoms with Crippen LogP contribution in [0.15, 0.2) is 41.9 Å². The van der Waals surface area contributed by atoms with Crippen LogP contribution in [0.4, 0.5) is 0 Å². The molecular formula is C16H15N3O3S. The summed E-state index contributed by atoms with van der Waals surface area (Å²) < 4.78 is 1.09. The molecule has 0 saturated carbocycles. The van der Waals surface area contributed by atoms with Gasteiger partial charge in [0, 0.05) is 23.0 Å². The minimum atomic E-state index is -0.805. The number of thiophene rings is 1. The topological polar surface area (TPSA) is 108 Å². The summed E-state index contributed by atoms with van der Waals surface area (Å²) >= 11 is 1.55. The second-order valence-corrected chi connectivity index (χ2v) is 5.99. The van der Waals surface area contributed by atoms with E-state index >= 15 is 0 Å². The first-order valence-electron chi connectivity index (χ1n) is 6.97. The van der Waals surface area contributed by atoms with Gasteiger partial charge in [-0.3, -0.25) is 9.59 Å². The van der Waals surface area contributed by atoms with Gasteiger partial charge in [0.05, 0.1) is 11.7 Å². The summed E-state index contributed by atoms with van der Waals surface area (Å²) in [6, 6.07) is 9.16. The Balaban J connectivity index is 1.67. The summed E-state index contributed by atoms with van der Waals surface area (Å²) in [4.78, 5) is 25.7. The smallest absolute Gasteiger partial charge is 0.267 e. The van der Waals surface area contributed by atoms with Crippen LogP contribution in [0.25, 0.3) is 10.1 Å². The fraction of sp³-hybridized carbons (Fsp3) is 0.125. The molecule has 1 aromatic carbocycles. The highest BCUT2D eigenvalue weighted by Crippen LogP contribution is 2.29. The van der Waals surface area contributed by atoms with E-state index in [4.69, 9.17) is 5.73 Å². The first-order chi connectivity index (χ1) is 11.1.